The Morgan fingerprint density at radius 2 is 0.697 bits per heavy atom. The van der Waals surface area contributed by atoms with Gasteiger partial charge in [-0.05, 0) is 54.8 Å². The van der Waals surface area contributed by atoms with E-state index in [-0.39, 0.29) is 0 Å². The molecular weight excluding hydrogens is 436 g/mol. The fourth-order valence-electron chi connectivity index (χ4n) is 4.17. The molecule has 0 spiro atoms. The van der Waals surface area contributed by atoms with Gasteiger partial charge < -0.3 is 0 Å². The Morgan fingerprint density at radius 3 is 1.00 bits per heavy atom. The van der Waals surface area contributed by atoms with Crippen molar-refractivity contribution in [3.63, 3.8) is 0 Å². The van der Waals surface area contributed by atoms with E-state index >= 15 is 0 Å². The Labute approximate surface area is 198 Å². The molecule has 4 aromatic carbocycles. The summed E-state index contributed by atoms with van der Waals surface area (Å²) >= 11 is 0. The number of hydrogen-bond donors (Lipinski definition) is 0. The lowest BCUT2D eigenvalue weighted by molar-refractivity contribution is 1.25. The molecule has 5 aromatic rings. The van der Waals surface area contributed by atoms with Crippen molar-refractivity contribution in [2.45, 2.75) is 5.40 Å². The van der Waals surface area contributed by atoms with Gasteiger partial charge in [-0.15, -0.1) is 0 Å². The van der Waals surface area contributed by atoms with Crippen LogP contribution in [0.3, 0.4) is 0 Å². The summed E-state index contributed by atoms with van der Waals surface area (Å²) in [5.74, 6) is 0. The fraction of sp³-hybridized carbons (Fsp3) is 0.0333. The third kappa shape index (κ3) is 4.96. The van der Waals surface area contributed by atoms with Gasteiger partial charge >= 0.3 is 0 Å². The molecule has 0 unspecified atom stereocenters. The summed E-state index contributed by atoms with van der Waals surface area (Å²) in [6, 6.07) is 48.7. The van der Waals surface area contributed by atoms with E-state index in [1.54, 1.807) is 0 Å². The Hall–Kier alpha value is -3.11. The predicted octanol–water partition coefficient (Wildman–Crippen LogP) is 6.35. The van der Waals surface area contributed by atoms with E-state index in [4.69, 9.17) is 0 Å². The van der Waals surface area contributed by atoms with E-state index in [0.29, 0.717) is 5.40 Å². The molecule has 0 bridgehead atoms. The lowest BCUT2D eigenvalue weighted by Crippen LogP contribution is -2.23. The number of nitrogens with zero attached hydrogens (tertiary/aromatic N) is 1. The molecular formula is C30H25NP2. The summed E-state index contributed by atoms with van der Waals surface area (Å²) < 4.78 is 0. The van der Waals surface area contributed by atoms with E-state index in [1.807, 2.05) is 12.4 Å². The van der Waals surface area contributed by atoms with Crippen LogP contribution in [0.2, 0.25) is 0 Å². The van der Waals surface area contributed by atoms with Crippen molar-refractivity contribution in [1.29, 1.82) is 0 Å². The number of aromatic nitrogens is 1. The molecule has 0 radical (unpaired) electrons. The number of hydrogen-bond acceptors (Lipinski definition) is 1. The maximum Gasteiger partial charge on any atom is 0.0405 e. The van der Waals surface area contributed by atoms with Gasteiger partial charge in [0.1, 0.15) is 0 Å². The van der Waals surface area contributed by atoms with Crippen molar-refractivity contribution in [1.82, 2.24) is 4.98 Å². The van der Waals surface area contributed by atoms with Gasteiger partial charge in [-0.25, -0.2) is 0 Å². The molecule has 1 nitrogen and oxygen atoms in total. The minimum atomic E-state index is -0.676. The standard InChI is InChI=1S/C30H25NP2/c1-5-13-26(14-6-1)32(27-15-7-2-8-16-27)30(25-21-23-31-24-22-25)33(28-17-9-3-10-18-28)29-19-11-4-12-20-29/h1-24,30H. The van der Waals surface area contributed by atoms with E-state index in [1.165, 1.54) is 26.8 Å². The second kappa shape index (κ2) is 10.7. The molecule has 0 saturated carbocycles. The van der Waals surface area contributed by atoms with Crippen LogP contribution in [0.25, 0.3) is 0 Å². The molecule has 160 valence electrons. The molecule has 1 heterocycles. The molecule has 3 heteroatoms. The molecule has 5 rings (SSSR count). The molecule has 33 heavy (non-hydrogen) atoms. The maximum atomic E-state index is 4.35. The monoisotopic (exact) mass is 461 g/mol. The topological polar surface area (TPSA) is 12.9 Å². The third-order valence-corrected chi connectivity index (χ3v) is 12.0. The highest BCUT2D eigenvalue weighted by molar-refractivity contribution is 7.89. The minimum absolute atomic E-state index is 0.313. The Balaban J connectivity index is 1.79. The largest absolute Gasteiger partial charge is 0.265 e. The SMILES string of the molecule is c1ccc(P(c2ccccc2)C(c2ccncc2)P(c2ccccc2)c2ccccc2)cc1. The third-order valence-electron chi connectivity index (χ3n) is 5.63. The summed E-state index contributed by atoms with van der Waals surface area (Å²) in [7, 11) is -1.35. The van der Waals surface area contributed by atoms with Gasteiger partial charge in [-0.3, -0.25) is 4.98 Å². The molecule has 0 amide bonds. The lowest BCUT2D eigenvalue weighted by atomic mass is 10.3. The van der Waals surface area contributed by atoms with Gasteiger partial charge in [0.25, 0.3) is 0 Å². The molecule has 0 aliphatic heterocycles. The number of pyridine rings is 1. The molecule has 0 saturated heterocycles. The average Bonchev–Trinajstić information content (AvgIpc) is 2.91. The van der Waals surface area contributed by atoms with Crippen LogP contribution >= 0.6 is 15.8 Å². The van der Waals surface area contributed by atoms with Crippen LogP contribution in [0.5, 0.6) is 0 Å². The van der Waals surface area contributed by atoms with Gasteiger partial charge in [-0.1, -0.05) is 121 Å². The number of rotatable bonds is 7. The van der Waals surface area contributed by atoms with Crippen LogP contribution in [0.1, 0.15) is 11.0 Å². The molecule has 0 aliphatic carbocycles. The second-order valence-electron chi connectivity index (χ2n) is 7.74. The highest BCUT2D eigenvalue weighted by Crippen LogP contribution is 2.65. The molecule has 1 aromatic heterocycles. The van der Waals surface area contributed by atoms with E-state index < -0.39 is 15.8 Å². The molecule has 0 fully saturated rings. The smallest absolute Gasteiger partial charge is 0.0405 e. The Kier molecular flexibility index (Phi) is 7.02. The highest BCUT2D eigenvalue weighted by Gasteiger charge is 2.34. The van der Waals surface area contributed by atoms with Crippen LogP contribution in [0.4, 0.5) is 0 Å². The van der Waals surface area contributed by atoms with Crippen LogP contribution in [0, 0.1) is 0 Å². The van der Waals surface area contributed by atoms with Crippen molar-refractivity contribution in [2.24, 2.45) is 0 Å². The van der Waals surface area contributed by atoms with Gasteiger partial charge in [0.2, 0.25) is 0 Å². The van der Waals surface area contributed by atoms with Crippen molar-refractivity contribution in [3.8, 4) is 0 Å². The second-order valence-corrected chi connectivity index (χ2v) is 12.7. The zero-order valence-corrected chi connectivity index (χ0v) is 20.1. The predicted molar refractivity (Wildman–Crippen MR) is 145 cm³/mol. The Morgan fingerprint density at radius 1 is 0.394 bits per heavy atom. The van der Waals surface area contributed by atoms with Crippen LogP contribution in [-0.2, 0) is 0 Å². The zero-order valence-electron chi connectivity index (χ0n) is 18.3. The maximum absolute atomic E-state index is 4.35. The van der Waals surface area contributed by atoms with Crippen molar-refractivity contribution < 1.29 is 0 Å². The average molecular weight is 461 g/mol. The van der Waals surface area contributed by atoms with Gasteiger partial charge in [0.15, 0.2) is 0 Å². The first-order valence-corrected chi connectivity index (χ1v) is 13.9. The van der Waals surface area contributed by atoms with Crippen LogP contribution < -0.4 is 21.2 Å². The molecule has 0 atom stereocenters. The Bertz CT molecular complexity index is 1090. The van der Waals surface area contributed by atoms with Crippen molar-refractivity contribution >= 4 is 37.1 Å². The van der Waals surface area contributed by atoms with E-state index in [0.717, 1.165) is 0 Å². The first kappa shape index (κ1) is 21.7. The van der Waals surface area contributed by atoms with Crippen LogP contribution in [0.15, 0.2) is 146 Å². The van der Waals surface area contributed by atoms with Gasteiger partial charge in [-0.2, -0.15) is 0 Å². The first-order valence-electron chi connectivity index (χ1n) is 11.1. The van der Waals surface area contributed by atoms with Crippen molar-refractivity contribution in [3.05, 3.63) is 151 Å². The first-order chi connectivity index (χ1) is 16.4. The zero-order chi connectivity index (χ0) is 22.3. The lowest BCUT2D eigenvalue weighted by Gasteiger charge is -2.36. The van der Waals surface area contributed by atoms with E-state index in [9.17, 15) is 0 Å². The summed E-state index contributed by atoms with van der Waals surface area (Å²) in [6.07, 6.45) is 3.88. The summed E-state index contributed by atoms with van der Waals surface area (Å²) in [5, 5.41) is 5.92. The highest BCUT2D eigenvalue weighted by atomic mass is 31.2. The van der Waals surface area contributed by atoms with E-state index in [2.05, 4.69) is 138 Å². The van der Waals surface area contributed by atoms with Gasteiger partial charge in [0, 0.05) is 17.8 Å². The van der Waals surface area contributed by atoms with Crippen molar-refractivity contribution in [2.75, 3.05) is 0 Å². The number of benzene rings is 4. The van der Waals surface area contributed by atoms with Gasteiger partial charge in [0.05, 0.1) is 0 Å². The quantitative estimate of drug-likeness (QED) is 0.258. The minimum Gasteiger partial charge on any atom is -0.265 e. The molecule has 0 aliphatic rings. The fourth-order valence-corrected chi connectivity index (χ4v) is 11.3. The summed E-state index contributed by atoms with van der Waals surface area (Å²) in [6.45, 7) is 0. The molecule has 0 N–H and O–H groups in total. The van der Waals surface area contributed by atoms with Crippen LogP contribution in [-0.4, -0.2) is 4.98 Å². The summed E-state index contributed by atoms with van der Waals surface area (Å²) in [4.78, 5) is 4.35. The summed E-state index contributed by atoms with van der Waals surface area (Å²) in [5.41, 5.74) is 1.35. The normalized spacial score (nSPS) is 11.2.